The summed E-state index contributed by atoms with van der Waals surface area (Å²) in [5.74, 6) is 0. The smallest absolute Gasteiger partial charge is 0.215 e. The van der Waals surface area contributed by atoms with Crippen LogP contribution in [-0.4, -0.2) is 6.54 Å². The molecule has 1 aromatic heterocycles. The molecule has 0 bridgehead atoms. The van der Waals surface area contributed by atoms with Gasteiger partial charge in [-0.1, -0.05) is 42.5 Å². The van der Waals surface area contributed by atoms with Crippen molar-refractivity contribution >= 4 is 28.6 Å². The summed E-state index contributed by atoms with van der Waals surface area (Å²) in [7, 11) is 0. The number of hydrogen-bond acceptors (Lipinski definition) is 1. The summed E-state index contributed by atoms with van der Waals surface area (Å²) in [6.07, 6.45) is 10.9. The lowest BCUT2D eigenvalue weighted by Crippen LogP contribution is -3.00. The number of aryl methyl sites for hydroxylation is 1. The maximum absolute atomic E-state index is 3.93. The Hall–Kier alpha value is -2.65. The molecule has 2 nitrogen and oxygen atoms in total. The van der Waals surface area contributed by atoms with Crippen LogP contribution in [0.15, 0.2) is 79.2 Å². The highest BCUT2D eigenvalue weighted by molar-refractivity contribution is 5.89. The van der Waals surface area contributed by atoms with E-state index in [0.29, 0.717) is 0 Å². The first-order valence-corrected chi connectivity index (χ1v) is 9.51. The zero-order valence-electron chi connectivity index (χ0n) is 16.4. The zero-order chi connectivity index (χ0) is 18.8. The second-order valence-electron chi connectivity index (χ2n) is 6.94. The Morgan fingerprint density at radius 3 is 2.68 bits per heavy atom. The molecule has 0 spiro atoms. The van der Waals surface area contributed by atoms with Crippen LogP contribution in [0.1, 0.15) is 23.7 Å². The molecule has 3 aromatic rings. The van der Waals surface area contributed by atoms with Crippen LogP contribution in [-0.2, 0) is 6.54 Å². The Kier molecular flexibility index (Phi) is 6.15. The van der Waals surface area contributed by atoms with Crippen molar-refractivity contribution in [2.24, 2.45) is 0 Å². The third-order valence-electron chi connectivity index (χ3n) is 5.13. The molecule has 0 saturated heterocycles. The monoisotopic (exact) mass is 432 g/mol. The third-order valence-corrected chi connectivity index (χ3v) is 5.13. The fourth-order valence-electron chi connectivity index (χ4n) is 3.82. The maximum atomic E-state index is 3.93. The predicted molar refractivity (Wildman–Crippen MR) is 116 cm³/mol. The van der Waals surface area contributed by atoms with Crippen LogP contribution < -0.4 is 26.4 Å². The fourth-order valence-corrected chi connectivity index (χ4v) is 3.82. The fraction of sp³-hybridized carbons (Fsp3) is 0.160. The standard InChI is InChI=1S/C25H25N2.BrH/c1-4-15-26-16-14-20-8-6-7-9-23(20)25(26)18-22-12-11-21-17-19(3)10-13-24(21)27(22)5-2;/h4,6-14,16-18H,1,5,15H2,2-3H3;1H/q+1;/p-1. The molecule has 0 N–H and O–H groups in total. The molecule has 0 aliphatic carbocycles. The van der Waals surface area contributed by atoms with E-state index in [0.717, 1.165) is 13.1 Å². The van der Waals surface area contributed by atoms with Crippen LogP contribution in [0.25, 0.3) is 22.9 Å². The number of benzene rings is 2. The van der Waals surface area contributed by atoms with Crippen molar-refractivity contribution in [1.82, 2.24) is 0 Å². The average molecular weight is 433 g/mol. The van der Waals surface area contributed by atoms with Crippen LogP contribution >= 0.6 is 0 Å². The van der Waals surface area contributed by atoms with Gasteiger partial charge in [-0.3, -0.25) is 0 Å². The largest absolute Gasteiger partial charge is 1.00 e. The maximum Gasteiger partial charge on any atom is 0.215 e. The van der Waals surface area contributed by atoms with Gasteiger partial charge >= 0.3 is 0 Å². The Morgan fingerprint density at radius 1 is 1.07 bits per heavy atom. The normalized spacial score (nSPS) is 14.1. The Morgan fingerprint density at radius 2 is 1.89 bits per heavy atom. The van der Waals surface area contributed by atoms with Crippen molar-refractivity contribution in [3.05, 3.63) is 96.0 Å². The quantitative estimate of drug-likeness (QED) is 0.453. The molecule has 0 saturated carbocycles. The first kappa shape index (κ1) is 20.1. The number of hydrogen-bond donors (Lipinski definition) is 0. The number of nitrogens with zero attached hydrogens (tertiary/aromatic N) is 2. The Bertz CT molecular complexity index is 1080. The van der Waals surface area contributed by atoms with E-state index in [1.807, 2.05) is 6.08 Å². The number of rotatable bonds is 4. The number of anilines is 1. The van der Waals surface area contributed by atoms with Gasteiger partial charge in [0, 0.05) is 30.1 Å². The molecule has 4 rings (SSSR count). The van der Waals surface area contributed by atoms with Gasteiger partial charge in [-0.15, -0.1) is 0 Å². The number of fused-ring (bicyclic) bond motifs is 2. The van der Waals surface area contributed by atoms with E-state index in [9.17, 15) is 0 Å². The van der Waals surface area contributed by atoms with E-state index in [-0.39, 0.29) is 17.0 Å². The molecule has 142 valence electrons. The van der Waals surface area contributed by atoms with Crippen molar-refractivity contribution in [2.45, 2.75) is 20.4 Å². The summed E-state index contributed by atoms with van der Waals surface area (Å²) in [6.45, 7) is 9.99. The number of pyridine rings is 1. The van der Waals surface area contributed by atoms with Crippen LogP contribution in [0, 0.1) is 6.92 Å². The van der Waals surface area contributed by atoms with E-state index >= 15 is 0 Å². The molecule has 0 radical (unpaired) electrons. The summed E-state index contributed by atoms with van der Waals surface area (Å²) in [5, 5.41) is 2.51. The number of aromatic nitrogens is 1. The highest BCUT2D eigenvalue weighted by Gasteiger charge is 2.19. The topological polar surface area (TPSA) is 7.12 Å². The SMILES string of the molecule is C=CC[n+]1ccc2ccccc2c1C=C1C=Cc2cc(C)ccc2N1CC.[Br-]. The highest BCUT2D eigenvalue weighted by atomic mass is 79.9. The molecular formula is C25H25BrN2. The molecule has 0 atom stereocenters. The van der Waals surface area contributed by atoms with Gasteiger partial charge in [-0.25, -0.2) is 0 Å². The predicted octanol–water partition coefficient (Wildman–Crippen LogP) is 2.52. The summed E-state index contributed by atoms with van der Waals surface area (Å²) >= 11 is 0. The van der Waals surface area contributed by atoms with E-state index < -0.39 is 0 Å². The van der Waals surface area contributed by atoms with E-state index in [1.165, 1.54) is 39.0 Å². The molecule has 0 unspecified atom stereocenters. The van der Waals surface area contributed by atoms with Gasteiger partial charge in [-0.05, 0) is 55.1 Å². The van der Waals surface area contributed by atoms with E-state index in [1.54, 1.807) is 0 Å². The van der Waals surface area contributed by atoms with Crippen molar-refractivity contribution in [3.8, 4) is 0 Å². The molecule has 28 heavy (non-hydrogen) atoms. The first-order chi connectivity index (χ1) is 13.2. The lowest BCUT2D eigenvalue weighted by molar-refractivity contribution is -0.687. The van der Waals surface area contributed by atoms with E-state index in [2.05, 4.69) is 103 Å². The molecule has 2 heterocycles. The minimum atomic E-state index is 0. The Labute approximate surface area is 177 Å². The van der Waals surface area contributed by atoms with Crippen LogP contribution in [0.2, 0.25) is 0 Å². The average Bonchev–Trinajstić information content (AvgIpc) is 2.69. The second kappa shape index (κ2) is 8.57. The van der Waals surface area contributed by atoms with Gasteiger partial charge in [0.15, 0.2) is 12.7 Å². The van der Waals surface area contributed by atoms with Gasteiger partial charge in [0.05, 0.1) is 5.39 Å². The van der Waals surface area contributed by atoms with Gasteiger partial charge in [0.1, 0.15) is 0 Å². The lowest BCUT2D eigenvalue weighted by Gasteiger charge is -2.29. The molecule has 0 fully saturated rings. The van der Waals surface area contributed by atoms with Crippen LogP contribution in [0.4, 0.5) is 5.69 Å². The third kappa shape index (κ3) is 3.67. The number of halogens is 1. The molecule has 3 heteroatoms. The van der Waals surface area contributed by atoms with Gasteiger partial charge in [0.25, 0.3) is 0 Å². The van der Waals surface area contributed by atoms with Crippen molar-refractivity contribution < 1.29 is 21.5 Å². The van der Waals surface area contributed by atoms with Gasteiger partial charge < -0.3 is 21.9 Å². The number of allylic oxidation sites excluding steroid dienone is 2. The molecular weight excluding hydrogens is 408 g/mol. The van der Waals surface area contributed by atoms with Crippen molar-refractivity contribution in [3.63, 3.8) is 0 Å². The van der Waals surface area contributed by atoms with Crippen molar-refractivity contribution in [1.29, 1.82) is 0 Å². The second-order valence-corrected chi connectivity index (χ2v) is 6.94. The molecule has 1 aliphatic heterocycles. The minimum absolute atomic E-state index is 0. The highest BCUT2D eigenvalue weighted by Crippen LogP contribution is 2.32. The lowest BCUT2D eigenvalue weighted by atomic mass is 10.0. The minimum Gasteiger partial charge on any atom is -1.00 e. The van der Waals surface area contributed by atoms with Gasteiger partial charge in [-0.2, -0.15) is 4.57 Å². The summed E-state index contributed by atoms with van der Waals surface area (Å²) in [6, 6.07) is 17.4. The van der Waals surface area contributed by atoms with Gasteiger partial charge in [0.2, 0.25) is 5.69 Å². The molecule has 0 amide bonds. The molecule has 2 aromatic carbocycles. The molecule has 1 aliphatic rings. The van der Waals surface area contributed by atoms with E-state index in [4.69, 9.17) is 0 Å². The Balaban J connectivity index is 0.00000225. The van der Waals surface area contributed by atoms with Crippen molar-refractivity contribution in [2.75, 3.05) is 11.4 Å². The summed E-state index contributed by atoms with van der Waals surface area (Å²) in [4.78, 5) is 2.38. The zero-order valence-corrected chi connectivity index (χ0v) is 18.0. The van der Waals surface area contributed by atoms with Crippen LogP contribution in [0.5, 0.6) is 0 Å². The first-order valence-electron chi connectivity index (χ1n) is 9.51. The summed E-state index contributed by atoms with van der Waals surface area (Å²) in [5.41, 5.74) is 6.27. The summed E-state index contributed by atoms with van der Waals surface area (Å²) < 4.78 is 2.26. The van der Waals surface area contributed by atoms with Crippen LogP contribution in [0.3, 0.4) is 0 Å². The number of likely N-dealkylation sites (N-methyl/N-ethyl adjacent to an activating group) is 1.